The van der Waals surface area contributed by atoms with E-state index in [0.29, 0.717) is 24.1 Å². The fraction of sp³-hybridized carbons (Fsp3) is 0.483. The molecule has 3 amide bonds. The highest BCUT2D eigenvalue weighted by molar-refractivity contribution is 6.06. The lowest BCUT2D eigenvalue weighted by atomic mass is 9.98. The van der Waals surface area contributed by atoms with Crippen molar-refractivity contribution in [2.24, 2.45) is 0 Å². The summed E-state index contributed by atoms with van der Waals surface area (Å²) in [6.45, 7) is 11.0. The Morgan fingerprint density at radius 3 is 2.50 bits per heavy atom. The number of rotatable bonds is 6. The molecule has 3 aliphatic heterocycles. The van der Waals surface area contributed by atoms with Gasteiger partial charge in [0.05, 0.1) is 11.2 Å². The van der Waals surface area contributed by atoms with E-state index >= 15 is 4.39 Å². The fourth-order valence-corrected chi connectivity index (χ4v) is 6.09. The van der Waals surface area contributed by atoms with Crippen LogP contribution in [0.5, 0.6) is 0 Å². The van der Waals surface area contributed by atoms with E-state index in [1.54, 1.807) is 24.3 Å². The van der Waals surface area contributed by atoms with Crippen molar-refractivity contribution < 1.29 is 23.5 Å². The predicted octanol–water partition coefficient (Wildman–Crippen LogP) is 3.59. The summed E-state index contributed by atoms with van der Waals surface area (Å²) in [7, 11) is 0. The predicted molar refractivity (Wildman–Crippen MR) is 141 cm³/mol. The lowest BCUT2D eigenvalue weighted by Crippen LogP contribution is -2.56. The molecule has 2 N–H and O–H groups in total. The Morgan fingerprint density at radius 2 is 1.82 bits per heavy atom. The standard InChI is InChI=1S/C29H35FN4O4/c1-28(2)16-33(17-29(3,4)38-28)14-18-8-9-19(22(30)12-18)13-31-23-7-5-6-20-21(23)15-34(27(20)37)24-10-11-25(35)32-26(24)36/h5-9,12,24,31H,10-11,13-17H2,1-4H3,(H,32,35,36)/t24-/m0/s1. The van der Waals surface area contributed by atoms with E-state index in [-0.39, 0.29) is 48.3 Å². The van der Waals surface area contributed by atoms with Gasteiger partial charge in [-0.25, -0.2) is 4.39 Å². The van der Waals surface area contributed by atoms with Gasteiger partial charge < -0.3 is 15.0 Å². The first-order chi connectivity index (χ1) is 17.9. The molecule has 2 saturated heterocycles. The number of nitrogens with one attached hydrogen (secondary N) is 2. The van der Waals surface area contributed by atoms with Gasteiger partial charge in [0.25, 0.3) is 5.91 Å². The zero-order valence-corrected chi connectivity index (χ0v) is 22.4. The molecule has 0 aliphatic carbocycles. The summed E-state index contributed by atoms with van der Waals surface area (Å²) in [4.78, 5) is 40.7. The SMILES string of the molecule is CC1(C)CN(Cc2ccc(CNc3cccc4c3CN([C@H]3CCC(=O)NC3=O)C4=O)c(F)c2)CC(C)(C)O1. The Bertz CT molecular complexity index is 1280. The van der Waals surface area contributed by atoms with Gasteiger partial charge in [0.2, 0.25) is 11.8 Å². The van der Waals surface area contributed by atoms with E-state index in [2.05, 4.69) is 43.2 Å². The molecule has 3 aliphatic rings. The van der Waals surface area contributed by atoms with Crippen LogP contribution in [0.4, 0.5) is 10.1 Å². The third-order valence-electron chi connectivity index (χ3n) is 7.34. The summed E-state index contributed by atoms with van der Waals surface area (Å²) in [6.07, 6.45) is 0.516. The van der Waals surface area contributed by atoms with Gasteiger partial charge in [0.1, 0.15) is 11.9 Å². The van der Waals surface area contributed by atoms with Crippen LogP contribution in [0, 0.1) is 5.82 Å². The zero-order valence-electron chi connectivity index (χ0n) is 22.4. The molecule has 0 spiro atoms. The number of benzene rings is 2. The lowest BCUT2D eigenvalue weighted by Gasteiger charge is -2.47. The van der Waals surface area contributed by atoms with Crippen LogP contribution in [0.15, 0.2) is 36.4 Å². The molecule has 0 bridgehead atoms. The number of fused-ring (bicyclic) bond motifs is 1. The highest BCUT2D eigenvalue weighted by Gasteiger charge is 2.40. The Hall–Kier alpha value is -3.30. The Balaban J connectivity index is 1.25. The summed E-state index contributed by atoms with van der Waals surface area (Å²) < 4.78 is 21.3. The molecule has 2 aromatic carbocycles. The first-order valence-electron chi connectivity index (χ1n) is 13.1. The highest BCUT2D eigenvalue weighted by atomic mass is 19.1. The third kappa shape index (κ3) is 5.44. The van der Waals surface area contributed by atoms with Crippen LogP contribution >= 0.6 is 0 Å². The van der Waals surface area contributed by atoms with Crippen LogP contribution in [0.1, 0.15) is 67.6 Å². The van der Waals surface area contributed by atoms with Crippen molar-refractivity contribution in [3.8, 4) is 0 Å². The van der Waals surface area contributed by atoms with E-state index in [1.807, 2.05) is 12.1 Å². The molecule has 5 rings (SSSR count). The molecule has 2 aromatic rings. The summed E-state index contributed by atoms with van der Waals surface area (Å²) in [5, 5.41) is 5.61. The molecular weight excluding hydrogens is 487 g/mol. The maximum absolute atomic E-state index is 15.1. The van der Waals surface area contributed by atoms with Crippen molar-refractivity contribution in [1.29, 1.82) is 0 Å². The van der Waals surface area contributed by atoms with E-state index in [0.717, 1.165) is 29.9 Å². The summed E-state index contributed by atoms with van der Waals surface area (Å²) >= 11 is 0. The van der Waals surface area contributed by atoms with Gasteiger partial charge in [0.15, 0.2) is 0 Å². The van der Waals surface area contributed by atoms with E-state index in [9.17, 15) is 14.4 Å². The van der Waals surface area contributed by atoms with Gasteiger partial charge in [-0.2, -0.15) is 0 Å². The van der Waals surface area contributed by atoms with Crippen molar-refractivity contribution in [2.45, 2.75) is 77.4 Å². The highest BCUT2D eigenvalue weighted by Crippen LogP contribution is 2.33. The molecular formula is C29H35FN4O4. The zero-order chi connectivity index (χ0) is 27.2. The van der Waals surface area contributed by atoms with Crippen molar-refractivity contribution in [3.63, 3.8) is 0 Å². The van der Waals surface area contributed by atoms with Crippen LogP contribution in [0.3, 0.4) is 0 Å². The number of hydrogen-bond donors (Lipinski definition) is 2. The first-order valence-corrected chi connectivity index (χ1v) is 13.1. The second kappa shape index (κ2) is 9.78. The number of carbonyl (C=O) groups is 3. The monoisotopic (exact) mass is 522 g/mol. The number of nitrogens with zero attached hydrogens (tertiary/aromatic N) is 2. The number of hydrogen-bond acceptors (Lipinski definition) is 6. The number of imide groups is 1. The third-order valence-corrected chi connectivity index (χ3v) is 7.34. The van der Waals surface area contributed by atoms with Crippen molar-refractivity contribution in [2.75, 3.05) is 18.4 Å². The molecule has 9 heteroatoms. The van der Waals surface area contributed by atoms with Crippen LogP contribution in [0.25, 0.3) is 0 Å². The number of piperidine rings is 1. The Morgan fingerprint density at radius 1 is 1.08 bits per heavy atom. The molecule has 8 nitrogen and oxygen atoms in total. The van der Waals surface area contributed by atoms with Crippen LogP contribution in [0.2, 0.25) is 0 Å². The molecule has 0 unspecified atom stereocenters. The van der Waals surface area contributed by atoms with Crippen molar-refractivity contribution >= 4 is 23.4 Å². The van der Waals surface area contributed by atoms with Crippen molar-refractivity contribution in [1.82, 2.24) is 15.1 Å². The smallest absolute Gasteiger partial charge is 0.255 e. The minimum absolute atomic E-state index is 0.206. The molecule has 1 atom stereocenters. The minimum Gasteiger partial charge on any atom is -0.381 e. The van der Waals surface area contributed by atoms with Gasteiger partial charge in [-0.1, -0.05) is 18.2 Å². The maximum Gasteiger partial charge on any atom is 0.255 e. The van der Waals surface area contributed by atoms with Gasteiger partial charge >= 0.3 is 0 Å². The number of morpholine rings is 1. The van der Waals surface area contributed by atoms with E-state index in [1.165, 1.54) is 4.90 Å². The normalized spacial score (nSPS) is 22.8. The average molecular weight is 523 g/mol. The average Bonchev–Trinajstić information content (AvgIpc) is 3.13. The number of ether oxygens (including phenoxy) is 1. The molecule has 0 aromatic heterocycles. The number of amides is 3. The second-order valence-electron chi connectivity index (χ2n) is 11.8. The summed E-state index contributed by atoms with van der Waals surface area (Å²) in [5.41, 5.74) is 2.92. The van der Waals surface area contributed by atoms with Crippen LogP contribution in [-0.2, 0) is 34.0 Å². The molecule has 3 heterocycles. The Kier molecular flexibility index (Phi) is 6.77. The summed E-state index contributed by atoms with van der Waals surface area (Å²) in [5.74, 6) is -1.27. The Labute approximate surface area is 222 Å². The summed E-state index contributed by atoms with van der Waals surface area (Å²) in [6, 6.07) is 10.0. The van der Waals surface area contributed by atoms with Gasteiger partial charge in [-0.05, 0) is 57.9 Å². The van der Waals surface area contributed by atoms with Gasteiger partial charge in [-0.3, -0.25) is 24.6 Å². The van der Waals surface area contributed by atoms with Crippen molar-refractivity contribution in [3.05, 3.63) is 64.5 Å². The topological polar surface area (TPSA) is 91.0 Å². The number of carbonyl (C=O) groups excluding carboxylic acids is 3. The first kappa shape index (κ1) is 26.3. The molecule has 2 fully saturated rings. The maximum atomic E-state index is 15.1. The van der Waals surface area contributed by atoms with Gasteiger partial charge in [-0.15, -0.1) is 0 Å². The quantitative estimate of drug-likeness (QED) is 0.564. The molecule has 0 radical (unpaired) electrons. The lowest BCUT2D eigenvalue weighted by molar-refractivity contribution is -0.182. The number of anilines is 1. The largest absolute Gasteiger partial charge is 0.381 e. The van der Waals surface area contributed by atoms with E-state index < -0.39 is 11.9 Å². The second-order valence-corrected chi connectivity index (χ2v) is 11.8. The fourth-order valence-electron chi connectivity index (χ4n) is 6.09. The molecule has 202 valence electrons. The molecule has 38 heavy (non-hydrogen) atoms. The molecule has 0 saturated carbocycles. The van der Waals surface area contributed by atoms with Crippen LogP contribution < -0.4 is 10.6 Å². The van der Waals surface area contributed by atoms with Gasteiger partial charge in [0, 0.05) is 61.5 Å². The minimum atomic E-state index is -0.673. The van der Waals surface area contributed by atoms with Crippen LogP contribution in [-0.4, -0.2) is 57.9 Å². The van der Waals surface area contributed by atoms with E-state index in [4.69, 9.17) is 4.74 Å². The number of halogens is 1.